The number of carbonyl (C=O) groups excluding carboxylic acids is 7. The van der Waals surface area contributed by atoms with E-state index in [2.05, 4.69) is 21.3 Å². The van der Waals surface area contributed by atoms with E-state index in [1.54, 1.807) is 42.2 Å². The zero-order valence-corrected chi connectivity index (χ0v) is 34.5. The predicted molar refractivity (Wildman–Crippen MR) is 217 cm³/mol. The Hall–Kier alpha value is -5.06. The Balaban J connectivity index is 1.15. The third-order valence-electron chi connectivity index (χ3n) is 11.7. The van der Waals surface area contributed by atoms with Gasteiger partial charge < -0.3 is 46.2 Å². The molecule has 1 aliphatic carbocycles. The normalized spacial score (nSPS) is 25.8. The van der Waals surface area contributed by atoms with Crippen molar-refractivity contribution >= 4 is 58.6 Å². The van der Waals surface area contributed by atoms with Gasteiger partial charge in [0.1, 0.15) is 35.7 Å². The fraction of sp³-hybridized carbons (Fsp3) is 0.548. The van der Waals surface area contributed by atoms with Crippen molar-refractivity contribution in [1.29, 1.82) is 0 Å². The van der Waals surface area contributed by atoms with Gasteiger partial charge in [0.25, 0.3) is 0 Å². The van der Waals surface area contributed by atoms with Crippen LogP contribution in [0.4, 0.5) is 10.5 Å². The van der Waals surface area contributed by atoms with Gasteiger partial charge in [-0.05, 0) is 76.1 Å². The maximum absolute atomic E-state index is 14.3. The van der Waals surface area contributed by atoms with Gasteiger partial charge in [-0.1, -0.05) is 54.4 Å². The van der Waals surface area contributed by atoms with E-state index < -0.39 is 77.6 Å². The number of benzene rings is 2. The van der Waals surface area contributed by atoms with E-state index in [1.807, 2.05) is 26.0 Å². The Morgan fingerprint density at radius 1 is 0.932 bits per heavy atom. The first kappa shape index (κ1) is 43.5. The Labute approximate surface area is 348 Å². The van der Waals surface area contributed by atoms with Gasteiger partial charge >= 0.3 is 6.03 Å². The molecule has 0 bridgehead atoms. The van der Waals surface area contributed by atoms with Crippen LogP contribution < -0.4 is 21.3 Å². The fourth-order valence-corrected chi connectivity index (χ4v) is 8.94. The lowest BCUT2D eigenvalue weighted by molar-refractivity contribution is -0.152. The van der Waals surface area contributed by atoms with Gasteiger partial charge in [0.2, 0.25) is 29.5 Å². The molecule has 17 heteroatoms. The molecule has 3 saturated heterocycles. The molecule has 0 aromatic heterocycles. The number of piperidine rings is 1. The van der Waals surface area contributed by atoms with Gasteiger partial charge in [0.15, 0.2) is 5.78 Å². The quantitative estimate of drug-likeness (QED) is 0.183. The van der Waals surface area contributed by atoms with Crippen LogP contribution in [-0.2, 0) is 35.2 Å². The first-order valence-corrected chi connectivity index (χ1v) is 20.7. The minimum absolute atomic E-state index is 0.0177. The zero-order chi connectivity index (χ0) is 42.8. The zero-order valence-electron chi connectivity index (χ0n) is 33.8. The highest BCUT2D eigenvalue weighted by atomic mass is 35.5. The standard InChI is InChI=1S/C42H54ClN7O9/c1-23-9-7-10-27(15-23)16-31(46-41(59)45-29-12-8-11-28(43)17-29)36(54)47-35(26(4)51)40(58)49-22-30(52)18-33(49)39(57)48-14-6-5-13-32(48)37(55)44-25(3)38(56)50-21-24(2)19-42(50)20-34(42)53/h7-12,15,17,24-26,30-33,35,51-52H,5-6,13-14,16,18-22H2,1-4H3,(H,44,55)(H,47,54)(H2,45,46,59)/t24-,25+,26+,30-,31+,32+,33+,35+,42+/m1/s1. The number of amides is 7. The molecule has 6 rings (SSSR count). The molecule has 2 aromatic carbocycles. The minimum Gasteiger partial charge on any atom is -0.391 e. The first-order valence-electron chi connectivity index (χ1n) is 20.3. The summed E-state index contributed by atoms with van der Waals surface area (Å²) in [6.45, 7) is 7.06. The third-order valence-corrected chi connectivity index (χ3v) is 12.0. The van der Waals surface area contributed by atoms with Crippen LogP contribution >= 0.6 is 11.6 Å². The van der Waals surface area contributed by atoms with E-state index in [-0.39, 0.29) is 43.5 Å². The SMILES string of the molecule is Cc1cccc(C[C@H](NC(=O)Nc2cccc(Cl)c2)C(=O)N[C@H](C(=O)N2C[C@H](O)C[C@H]2C(=O)N2CCCC[C@H]2C(=O)N[C@@H](C)C(=O)N2C[C@H](C)C[C@@]23CC3=O)[C@H](C)O)c1. The van der Waals surface area contributed by atoms with Crippen LogP contribution in [0.5, 0.6) is 0 Å². The number of urea groups is 1. The largest absolute Gasteiger partial charge is 0.391 e. The Kier molecular flexibility index (Phi) is 13.3. The molecule has 7 amide bonds. The van der Waals surface area contributed by atoms with Crippen molar-refractivity contribution in [2.45, 2.75) is 121 Å². The molecular weight excluding hydrogens is 782 g/mol. The maximum Gasteiger partial charge on any atom is 0.319 e. The number of ketones is 1. The number of carbonyl (C=O) groups is 7. The summed E-state index contributed by atoms with van der Waals surface area (Å²) in [5, 5.41) is 32.7. The molecule has 3 heterocycles. The van der Waals surface area contributed by atoms with Crippen molar-refractivity contribution < 1.29 is 43.8 Å². The molecule has 3 aliphatic heterocycles. The molecule has 318 valence electrons. The van der Waals surface area contributed by atoms with E-state index in [0.29, 0.717) is 54.9 Å². The molecule has 6 N–H and O–H groups in total. The summed E-state index contributed by atoms with van der Waals surface area (Å²) in [4.78, 5) is 99.4. The number of anilines is 1. The van der Waals surface area contributed by atoms with Crippen LogP contribution in [0.2, 0.25) is 5.02 Å². The van der Waals surface area contributed by atoms with Crippen molar-refractivity contribution in [3.05, 3.63) is 64.7 Å². The van der Waals surface area contributed by atoms with Gasteiger partial charge in [-0.25, -0.2) is 4.79 Å². The second kappa shape index (κ2) is 18.1. The van der Waals surface area contributed by atoms with Crippen LogP contribution in [0.15, 0.2) is 48.5 Å². The van der Waals surface area contributed by atoms with Gasteiger partial charge in [-0.15, -0.1) is 0 Å². The Morgan fingerprint density at radius 2 is 1.66 bits per heavy atom. The van der Waals surface area contributed by atoms with Gasteiger partial charge in [0.05, 0.1) is 12.2 Å². The Morgan fingerprint density at radius 3 is 2.34 bits per heavy atom. The molecule has 4 fully saturated rings. The van der Waals surface area contributed by atoms with Crippen molar-refractivity contribution in [3.63, 3.8) is 0 Å². The summed E-state index contributed by atoms with van der Waals surface area (Å²) >= 11 is 6.07. The van der Waals surface area contributed by atoms with E-state index in [0.717, 1.165) is 10.5 Å². The molecule has 0 radical (unpaired) electrons. The molecule has 0 unspecified atom stereocenters. The number of nitrogens with one attached hydrogen (secondary N) is 4. The molecule has 4 aliphatic rings. The van der Waals surface area contributed by atoms with Crippen molar-refractivity contribution in [1.82, 2.24) is 30.7 Å². The van der Waals surface area contributed by atoms with Crippen molar-refractivity contribution in [2.75, 3.05) is 25.0 Å². The summed E-state index contributed by atoms with van der Waals surface area (Å²) in [5.74, 6) is -2.94. The lowest BCUT2D eigenvalue weighted by atomic mass is 9.98. The molecule has 16 nitrogen and oxygen atoms in total. The number of aliphatic hydroxyl groups excluding tert-OH is 2. The number of aliphatic hydroxyl groups is 2. The van der Waals surface area contributed by atoms with Crippen LogP contribution in [0, 0.1) is 12.8 Å². The lowest BCUT2D eigenvalue weighted by Crippen LogP contribution is -2.62. The number of rotatable bonds is 12. The van der Waals surface area contributed by atoms with E-state index in [1.165, 1.54) is 17.9 Å². The van der Waals surface area contributed by atoms with Crippen LogP contribution in [0.1, 0.15) is 70.4 Å². The van der Waals surface area contributed by atoms with E-state index >= 15 is 0 Å². The minimum atomic E-state index is -1.58. The van der Waals surface area contributed by atoms with Gasteiger partial charge in [0, 0.05) is 49.6 Å². The number of hydrogen-bond donors (Lipinski definition) is 6. The second-order valence-corrected chi connectivity index (χ2v) is 17.1. The molecular formula is C42H54ClN7O9. The van der Waals surface area contributed by atoms with Crippen LogP contribution in [-0.4, -0.2) is 134 Å². The monoisotopic (exact) mass is 835 g/mol. The topological polar surface area (TPSA) is 218 Å². The third kappa shape index (κ3) is 9.88. The second-order valence-electron chi connectivity index (χ2n) is 16.6. The predicted octanol–water partition coefficient (Wildman–Crippen LogP) is 1.67. The molecule has 2 aromatic rings. The smallest absolute Gasteiger partial charge is 0.319 e. The highest BCUT2D eigenvalue weighted by molar-refractivity contribution is 6.30. The lowest BCUT2D eigenvalue weighted by Gasteiger charge is -2.39. The fourth-order valence-electron chi connectivity index (χ4n) is 8.74. The summed E-state index contributed by atoms with van der Waals surface area (Å²) in [6.07, 6.45) is -0.272. The average Bonchev–Trinajstić information content (AvgIpc) is 3.46. The number of likely N-dealkylation sites (tertiary alicyclic amines) is 3. The van der Waals surface area contributed by atoms with Crippen molar-refractivity contribution in [3.8, 4) is 0 Å². The summed E-state index contributed by atoms with van der Waals surface area (Å²) in [7, 11) is 0. The number of nitrogens with zero attached hydrogens (tertiary/aromatic N) is 3. The van der Waals surface area contributed by atoms with Crippen LogP contribution in [0.25, 0.3) is 0 Å². The number of aryl methyl sites for hydroxylation is 1. The number of β-amino-alcohol motifs (C(OH)–C–C–N with tert-alkyl or cyclic N) is 1. The van der Waals surface area contributed by atoms with E-state index in [9.17, 15) is 43.8 Å². The van der Waals surface area contributed by atoms with Crippen LogP contribution in [0.3, 0.4) is 0 Å². The maximum atomic E-state index is 14.3. The van der Waals surface area contributed by atoms with Gasteiger partial charge in [-0.2, -0.15) is 0 Å². The Bertz CT molecular complexity index is 1980. The van der Waals surface area contributed by atoms with Crippen molar-refractivity contribution in [2.24, 2.45) is 5.92 Å². The summed E-state index contributed by atoms with van der Waals surface area (Å²) < 4.78 is 0. The number of hydrogen-bond acceptors (Lipinski definition) is 9. The van der Waals surface area contributed by atoms with E-state index in [4.69, 9.17) is 11.6 Å². The molecule has 9 atom stereocenters. The number of halogens is 1. The van der Waals surface area contributed by atoms with Gasteiger partial charge in [-0.3, -0.25) is 28.8 Å². The highest BCUT2D eigenvalue weighted by Gasteiger charge is 2.63. The summed E-state index contributed by atoms with van der Waals surface area (Å²) in [5.41, 5.74) is 1.23. The highest BCUT2D eigenvalue weighted by Crippen LogP contribution is 2.48. The number of Topliss-reactive ketones (excluding diaryl/α,β-unsaturated/α-hetero) is 1. The summed E-state index contributed by atoms with van der Waals surface area (Å²) in [6, 6.07) is 7.09. The average molecular weight is 836 g/mol. The first-order chi connectivity index (χ1) is 28.0. The molecule has 59 heavy (non-hydrogen) atoms. The molecule has 1 saturated carbocycles. The molecule has 1 spiro atoms.